The maximum absolute atomic E-state index is 11.3. The largest absolute Gasteiger partial charge is 0.394 e. The second kappa shape index (κ2) is 19.6. The smallest absolute Gasteiger partial charge is 0.187 e. The van der Waals surface area contributed by atoms with Gasteiger partial charge in [0.2, 0.25) is 0 Å². The second-order valence-electron chi connectivity index (χ2n) is 14.2. The summed E-state index contributed by atoms with van der Waals surface area (Å²) in [5.41, 5.74) is 0. The average Bonchev–Trinajstić information content (AvgIpc) is 3.17. The molecule has 0 aromatic rings. The minimum absolute atomic E-state index is 0.286. The van der Waals surface area contributed by atoms with Crippen molar-refractivity contribution < 1.29 is 124 Å². The number of methoxy groups -OCH3 is 1. The van der Waals surface area contributed by atoms with Crippen LogP contribution in [0.3, 0.4) is 0 Å². The maximum atomic E-state index is 11.3. The van der Waals surface area contributed by atoms with Crippen LogP contribution in [0.2, 0.25) is 0 Å². The Morgan fingerprint density at radius 1 is 0.393 bits per heavy atom. The number of hydrogen-bond donors (Lipinski definition) is 15. The molecule has 0 aliphatic carbocycles. The van der Waals surface area contributed by atoms with Crippen molar-refractivity contribution in [3.63, 3.8) is 0 Å². The third-order valence-electron chi connectivity index (χ3n) is 10.4. The molecule has 56 heavy (non-hydrogen) atoms. The van der Waals surface area contributed by atoms with E-state index in [1.807, 2.05) is 0 Å². The van der Waals surface area contributed by atoms with E-state index in [0.29, 0.717) is 0 Å². The predicted octanol–water partition coefficient (Wildman–Crippen LogP) is -10.2. The lowest BCUT2D eigenvalue weighted by atomic mass is 9.96. The Morgan fingerprint density at radius 2 is 0.857 bits per heavy atom. The zero-order valence-electron chi connectivity index (χ0n) is 30.1. The molecule has 5 saturated heterocycles. The second-order valence-corrected chi connectivity index (χ2v) is 14.2. The van der Waals surface area contributed by atoms with Crippen LogP contribution in [0.15, 0.2) is 0 Å². The average molecular weight is 827 g/mol. The van der Waals surface area contributed by atoms with E-state index in [-0.39, 0.29) is 6.61 Å². The topological polar surface area (TPSA) is 396 Å². The molecule has 0 spiro atoms. The molecule has 0 amide bonds. The molecule has 15 N–H and O–H groups in total. The van der Waals surface area contributed by atoms with E-state index in [9.17, 15) is 76.6 Å². The molecule has 5 aliphatic rings. The Labute approximate surface area is 318 Å². The molecule has 5 heterocycles. The molecule has 5 fully saturated rings. The molecule has 0 aromatic heterocycles. The van der Waals surface area contributed by atoms with E-state index < -0.39 is 173 Å². The lowest BCUT2D eigenvalue weighted by molar-refractivity contribution is -0.390. The van der Waals surface area contributed by atoms with Crippen molar-refractivity contribution in [3.8, 4) is 0 Å². The summed E-state index contributed by atoms with van der Waals surface area (Å²) < 4.78 is 55.0. The van der Waals surface area contributed by atoms with Gasteiger partial charge in [-0.3, -0.25) is 0 Å². The molecule has 0 saturated carbocycles. The maximum Gasteiger partial charge on any atom is 0.187 e. The molecule has 0 bridgehead atoms. The highest BCUT2D eigenvalue weighted by Gasteiger charge is 2.55. The molecule has 25 nitrogen and oxygen atoms in total. The van der Waals surface area contributed by atoms with Crippen LogP contribution in [-0.4, -0.2) is 264 Å². The van der Waals surface area contributed by atoms with Crippen molar-refractivity contribution in [2.45, 2.75) is 160 Å². The van der Waals surface area contributed by atoms with Gasteiger partial charge in [-0.1, -0.05) is 0 Å². The number of aliphatic hydroxyl groups excluding tert-OH is 15. The Kier molecular flexibility index (Phi) is 16.1. The Morgan fingerprint density at radius 3 is 1.45 bits per heavy atom. The molecular formula is C31H54O25. The highest BCUT2D eigenvalue weighted by Crippen LogP contribution is 2.34. The third kappa shape index (κ3) is 9.47. The van der Waals surface area contributed by atoms with Gasteiger partial charge in [0.05, 0.1) is 32.5 Å². The first-order valence-electron chi connectivity index (χ1n) is 17.9. The molecule has 0 radical (unpaired) electrons. The van der Waals surface area contributed by atoms with Crippen molar-refractivity contribution >= 4 is 0 Å². The summed E-state index contributed by atoms with van der Waals surface area (Å²) in [6.45, 7) is -1.40. The summed E-state index contributed by atoms with van der Waals surface area (Å²) in [5.74, 6) is 0. The van der Waals surface area contributed by atoms with Gasteiger partial charge >= 0.3 is 0 Å². The quantitative estimate of drug-likeness (QED) is 0.0819. The zero-order valence-corrected chi connectivity index (χ0v) is 30.1. The van der Waals surface area contributed by atoms with Gasteiger partial charge in [0.1, 0.15) is 116 Å². The molecule has 5 rings (SSSR count). The van der Waals surface area contributed by atoms with E-state index in [1.165, 1.54) is 14.0 Å². The summed E-state index contributed by atoms with van der Waals surface area (Å²) in [6.07, 6.45) is -43.9. The fourth-order valence-corrected chi connectivity index (χ4v) is 6.99. The minimum Gasteiger partial charge on any atom is -0.394 e. The van der Waals surface area contributed by atoms with E-state index in [4.69, 9.17) is 47.4 Å². The molecule has 5 aliphatic heterocycles. The van der Waals surface area contributed by atoms with Crippen molar-refractivity contribution in [3.05, 3.63) is 0 Å². The first kappa shape index (κ1) is 46.1. The SMILES string of the molecule is COC[C@H]1O[C@H](OC[C@H]2O[C@@H](O)[C@@H](O)[C@@H](O[C@H]3O[C@H](CO)[C@@H](O)[C@H](O)[C@@H]3O[C@H]3O[C@H](CO)[C@@H](O)[C@H](O)[C@@H]3O)[C@@H]2O)[C@@H](O)[C@@H](O[C@H]2O[C@H](C)[C@@H](O)[C@H](O)[C@@H]2O)[C@@H]1O. The number of hydrogen-bond acceptors (Lipinski definition) is 25. The molecule has 328 valence electrons. The molecule has 0 unspecified atom stereocenters. The fraction of sp³-hybridized carbons (Fsp3) is 1.00. The fourth-order valence-electron chi connectivity index (χ4n) is 6.99. The molecule has 0 aromatic carbocycles. The van der Waals surface area contributed by atoms with E-state index in [0.717, 1.165) is 0 Å². The number of ether oxygens (including phenoxy) is 10. The van der Waals surface area contributed by atoms with Gasteiger partial charge in [0.15, 0.2) is 31.5 Å². The first-order valence-corrected chi connectivity index (χ1v) is 17.9. The van der Waals surface area contributed by atoms with Gasteiger partial charge in [-0.25, -0.2) is 0 Å². The van der Waals surface area contributed by atoms with Crippen LogP contribution in [0.1, 0.15) is 6.92 Å². The van der Waals surface area contributed by atoms with Crippen LogP contribution in [0, 0.1) is 0 Å². The zero-order chi connectivity index (χ0) is 41.3. The van der Waals surface area contributed by atoms with Crippen molar-refractivity contribution in [2.75, 3.05) is 33.5 Å². The third-order valence-corrected chi connectivity index (χ3v) is 10.4. The summed E-state index contributed by atoms with van der Waals surface area (Å²) in [7, 11) is 1.28. The predicted molar refractivity (Wildman–Crippen MR) is 170 cm³/mol. The Hall–Kier alpha value is -1.00. The van der Waals surface area contributed by atoms with Crippen LogP contribution in [0.25, 0.3) is 0 Å². The minimum atomic E-state index is -2.11. The lowest BCUT2D eigenvalue weighted by Crippen LogP contribution is -2.67. The van der Waals surface area contributed by atoms with Crippen LogP contribution in [0.4, 0.5) is 0 Å². The van der Waals surface area contributed by atoms with Gasteiger partial charge in [0, 0.05) is 7.11 Å². The highest BCUT2D eigenvalue weighted by molar-refractivity contribution is 4.98. The monoisotopic (exact) mass is 826 g/mol. The number of aliphatic hydroxyl groups is 15. The summed E-state index contributed by atoms with van der Waals surface area (Å²) in [6, 6.07) is 0. The summed E-state index contributed by atoms with van der Waals surface area (Å²) in [5, 5.41) is 157. The van der Waals surface area contributed by atoms with Gasteiger partial charge in [0.25, 0.3) is 0 Å². The van der Waals surface area contributed by atoms with Crippen LogP contribution >= 0.6 is 0 Å². The van der Waals surface area contributed by atoms with Gasteiger partial charge in [-0.05, 0) is 6.92 Å². The van der Waals surface area contributed by atoms with E-state index in [2.05, 4.69) is 0 Å². The molecular weight excluding hydrogens is 772 g/mol. The van der Waals surface area contributed by atoms with Gasteiger partial charge < -0.3 is 124 Å². The van der Waals surface area contributed by atoms with Crippen LogP contribution in [0.5, 0.6) is 0 Å². The van der Waals surface area contributed by atoms with Gasteiger partial charge in [-0.2, -0.15) is 0 Å². The summed E-state index contributed by atoms with van der Waals surface area (Å²) in [4.78, 5) is 0. The summed E-state index contributed by atoms with van der Waals surface area (Å²) >= 11 is 0. The lowest BCUT2D eigenvalue weighted by Gasteiger charge is -2.48. The normalized spacial score (nSPS) is 53.2. The number of rotatable bonds is 13. The highest BCUT2D eigenvalue weighted by atomic mass is 16.8. The van der Waals surface area contributed by atoms with Crippen LogP contribution < -0.4 is 0 Å². The van der Waals surface area contributed by atoms with E-state index >= 15 is 0 Å². The van der Waals surface area contributed by atoms with Crippen molar-refractivity contribution in [1.29, 1.82) is 0 Å². The van der Waals surface area contributed by atoms with Crippen LogP contribution in [-0.2, 0) is 47.4 Å². The Bertz CT molecular complexity index is 1210. The molecule has 25 atom stereocenters. The van der Waals surface area contributed by atoms with Gasteiger partial charge in [-0.15, -0.1) is 0 Å². The van der Waals surface area contributed by atoms with Crippen molar-refractivity contribution in [2.24, 2.45) is 0 Å². The first-order chi connectivity index (χ1) is 26.4. The molecule has 25 heteroatoms. The van der Waals surface area contributed by atoms with Crippen molar-refractivity contribution in [1.82, 2.24) is 0 Å². The standard InChI is InChI=1S/C31H54O25/c1-7-12(34)17(39)20(42)29(49-7)54-25-15(37)10(5-47-2)53-28(23(25)45)48-6-11-16(38)24(22(44)27(46)50-11)55-31-26(19(41)14(36)9(4-33)52-31)56-30-21(43)18(40)13(35)8(3-32)51-30/h7-46H,3-6H2,1-2H3/t7-,8-,9-,10-,11-,12-,13-,14-,15-,16-,17+,18+,19+,20+,21+,22+,23+,24+,25+,26+,27-,28+,29-,30-,31-/m1/s1. The van der Waals surface area contributed by atoms with E-state index in [1.54, 1.807) is 0 Å². The Balaban J connectivity index is 1.30.